The van der Waals surface area contributed by atoms with Crippen molar-refractivity contribution in [2.75, 3.05) is 0 Å². The molecule has 2 atom stereocenters. The highest BCUT2D eigenvalue weighted by Gasteiger charge is 2.12. The molecule has 1 nitrogen and oxygen atoms in total. The molecule has 2 heteroatoms. The summed E-state index contributed by atoms with van der Waals surface area (Å²) < 4.78 is 0. The van der Waals surface area contributed by atoms with E-state index >= 15 is 0 Å². The Hall–Kier alpha value is -0.530. The minimum atomic E-state index is -0.563. The summed E-state index contributed by atoms with van der Waals surface area (Å²) in [7, 11) is 0. The molecule has 66 valence electrons. The van der Waals surface area contributed by atoms with Gasteiger partial charge in [-0.3, -0.25) is 0 Å². The van der Waals surface area contributed by atoms with Crippen LogP contribution in [0.15, 0.2) is 24.3 Å². The van der Waals surface area contributed by atoms with Crippen LogP contribution < -0.4 is 0 Å². The SMILES string of the molecule is Cc1cccc(C(O)C(C)Cl)c1. The van der Waals surface area contributed by atoms with E-state index in [1.807, 2.05) is 31.2 Å². The second-order valence-electron chi connectivity index (χ2n) is 3.04. The third-order valence-corrected chi connectivity index (χ3v) is 2.06. The average Bonchev–Trinajstić information content (AvgIpc) is 2.03. The Bertz CT molecular complexity index is 258. The minimum Gasteiger partial charge on any atom is -0.387 e. The van der Waals surface area contributed by atoms with Crippen molar-refractivity contribution in [3.63, 3.8) is 0 Å². The Morgan fingerprint density at radius 3 is 2.58 bits per heavy atom. The van der Waals surface area contributed by atoms with Crippen LogP contribution in [0.2, 0.25) is 0 Å². The number of aliphatic hydroxyl groups is 1. The molecular weight excluding hydrogens is 172 g/mol. The highest BCUT2D eigenvalue weighted by atomic mass is 35.5. The fourth-order valence-electron chi connectivity index (χ4n) is 1.12. The quantitative estimate of drug-likeness (QED) is 0.701. The molecule has 0 amide bonds. The first kappa shape index (κ1) is 9.56. The molecule has 0 heterocycles. The number of hydrogen-bond donors (Lipinski definition) is 1. The second kappa shape index (κ2) is 3.92. The summed E-state index contributed by atoms with van der Waals surface area (Å²) in [6.07, 6.45) is -0.563. The van der Waals surface area contributed by atoms with E-state index in [1.165, 1.54) is 0 Å². The zero-order valence-corrected chi connectivity index (χ0v) is 8.05. The summed E-state index contributed by atoms with van der Waals surface area (Å²) in [6.45, 7) is 3.78. The maximum atomic E-state index is 9.59. The summed E-state index contributed by atoms with van der Waals surface area (Å²) in [5.41, 5.74) is 2.03. The predicted octanol–water partition coefficient (Wildman–Crippen LogP) is 2.66. The van der Waals surface area contributed by atoms with Crippen LogP contribution in [0.4, 0.5) is 0 Å². The normalized spacial score (nSPS) is 15.7. The van der Waals surface area contributed by atoms with Gasteiger partial charge in [-0.1, -0.05) is 29.8 Å². The van der Waals surface area contributed by atoms with Gasteiger partial charge in [-0.15, -0.1) is 11.6 Å². The lowest BCUT2D eigenvalue weighted by Crippen LogP contribution is -2.07. The fourth-order valence-corrected chi connectivity index (χ4v) is 1.26. The second-order valence-corrected chi connectivity index (χ2v) is 3.72. The Kier molecular flexibility index (Phi) is 3.12. The van der Waals surface area contributed by atoms with Crippen molar-refractivity contribution in [3.8, 4) is 0 Å². The van der Waals surface area contributed by atoms with Crippen LogP contribution >= 0.6 is 11.6 Å². The number of aliphatic hydroxyl groups excluding tert-OH is 1. The zero-order chi connectivity index (χ0) is 9.14. The number of aryl methyl sites for hydroxylation is 1. The molecule has 0 fully saturated rings. The molecule has 1 N–H and O–H groups in total. The van der Waals surface area contributed by atoms with E-state index in [4.69, 9.17) is 11.6 Å². The van der Waals surface area contributed by atoms with Crippen LogP contribution in [-0.4, -0.2) is 10.5 Å². The predicted molar refractivity (Wildman–Crippen MR) is 51.5 cm³/mol. The van der Waals surface area contributed by atoms with Crippen molar-refractivity contribution in [3.05, 3.63) is 35.4 Å². The molecule has 1 rings (SSSR count). The molecule has 0 saturated heterocycles. The lowest BCUT2D eigenvalue weighted by atomic mass is 10.1. The van der Waals surface area contributed by atoms with Crippen molar-refractivity contribution in [1.82, 2.24) is 0 Å². The van der Waals surface area contributed by atoms with Crippen LogP contribution in [0.3, 0.4) is 0 Å². The molecule has 2 unspecified atom stereocenters. The van der Waals surface area contributed by atoms with Crippen molar-refractivity contribution in [2.24, 2.45) is 0 Å². The third-order valence-electron chi connectivity index (χ3n) is 1.82. The van der Waals surface area contributed by atoms with Gasteiger partial charge in [-0.2, -0.15) is 0 Å². The molecule has 0 aliphatic heterocycles. The van der Waals surface area contributed by atoms with Crippen LogP contribution in [0.1, 0.15) is 24.2 Å². The average molecular weight is 185 g/mol. The molecule has 1 aromatic carbocycles. The lowest BCUT2D eigenvalue weighted by Gasteiger charge is -2.13. The van der Waals surface area contributed by atoms with E-state index in [-0.39, 0.29) is 5.38 Å². The highest BCUT2D eigenvalue weighted by Crippen LogP contribution is 2.20. The van der Waals surface area contributed by atoms with E-state index in [1.54, 1.807) is 6.92 Å². The van der Waals surface area contributed by atoms with E-state index in [0.717, 1.165) is 11.1 Å². The Balaban J connectivity index is 2.88. The summed E-state index contributed by atoms with van der Waals surface area (Å²) >= 11 is 5.77. The molecule has 1 aromatic rings. The van der Waals surface area contributed by atoms with Crippen molar-refractivity contribution in [2.45, 2.75) is 25.3 Å². The van der Waals surface area contributed by atoms with Gasteiger partial charge >= 0.3 is 0 Å². The van der Waals surface area contributed by atoms with Gasteiger partial charge in [0.15, 0.2) is 0 Å². The van der Waals surface area contributed by atoms with Gasteiger partial charge in [0.25, 0.3) is 0 Å². The number of alkyl halides is 1. The number of hydrogen-bond acceptors (Lipinski definition) is 1. The minimum absolute atomic E-state index is 0.244. The van der Waals surface area contributed by atoms with E-state index < -0.39 is 6.10 Å². The van der Waals surface area contributed by atoms with Crippen LogP contribution in [0.25, 0.3) is 0 Å². The molecule has 12 heavy (non-hydrogen) atoms. The van der Waals surface area contributed by atoms with Gasteiger partial charge in [0.1, 0.15) is 0 Å². The van der Waals surface area contributed by atoms with E-state index in [0.29, 0.717) is 0 Å². The zero-order valence-electron chi connectivity index (χ0n) is 7.29. The van der Waals surface area contributed by atoms with Crippen LogP contribution in [-0.2, 0) is 0 Å². The topological polar surface area (TPSA) is 20.2 Å². The molecule has 0 bridgehead atoms. The Morgan fingerprint density at radius 2 is 2.08 bits per heavy atom. The van der Waals surface area contributed by atoms with Gasteiger partial charge in [0.05, 0.1) is 11.5 Å². The van der Waals surface area contributed by atoms with Crippen molar-refractivity contribution < 1.29 is 5.11 Å². The molecule has 0 spiro atoms. The van der Waals surface area contributed by atoms with Gasteiger partial charge in [0.2, 0.25) is 0 Å². The largest absolute Gasteiger partial charge is 0.387 e. The first-order valence-electron chi connectivity index (χ1n) is 4.00. The molecule has 0 aliphatic rings. The smallest absolute Gasteiger partial charge is 0.0950 e. The summed E-state index contributed by atoms with van der Waals surface area (Å²) in [5, 5.41) is 9.35. The Labute approximate surface area is 78.0 Å². The van der Waals surface area contributed by atoms with Crippen LogP contribution in [0.5, 0.6) is 0 Å². The summed E-state index contributed by atoms with van der Waals surface area (Å²) in [6, 6.07) is 7.75. The first-order chi connectivity index (χ1) is 5.61. The number of benzene rings is 1. The van der Waals surface area contributed by atoms with Crippen molar-refractivity contribution >= 4 is 11.6 Å². The molecule has 0 saturated carbocycles. The number of rotatable bonds is 2. The molecule has 0 radical (unpaired) electrons. The molecular formula is C10H13ClO. The van der Waals surface area contributed by atoms with E-state index in [9.17, 15) is 5.11 Å². The first-order valence-corrected chi connectivity index (χ1v) is 4.43. The van der Waals surface area contributed by atoms with Gasteiger partial charge in [-0.25, -0.2) is 0 Å². The Morgan fingerprint density at radius 1 is 1.42 bits per heavy atom. The summed E-state index contributed by atoms with van der Waals surface area (Å²) in [5.74, 6) is 0. The van der Waals surface area contributed by atoms with Crippen molar-refractivity contribution in [1.29, 1.82) is 0 Å². The molecule has 0 aromatic heterocycles. The molecule has 0 aliphatic carbocycles. The number of halogens is 1. The summed E-state index contributed by atoms with van der Waals surface area (Å²) in [4.78, 5) is 0. The highest BCUT2D eigenvalue weighted by molar-refractivity contribution is 6.20. The fraction of sp³-hybridized carbons (Fsp3) is 0.400. The standard InChI is InChI=1S/C10H13ClO/c1-7-4-3-5-9(6-7)10(12)8(2)11/h3-6,8,10,12H,1-2H3. The van der Waals surface area contributed by atoms with Gasteiger partial charge < -0.3 is 5.11 Å². The van der Waals surface area contributed by atoms with Gasteiger partial charge in [0, 0.05) is 0 Å². The van der Waals surface area contributed by atoms with E-state index in [2.05, 4.69) is 0 Å². The maximum absolute atomic E-state index is 9.59. The maximum Gasteiger partial charge on any atom is 0.0950 e. The van der Waals surface area contributed by atoms with Crippen LogP contribution in [0, 0.1) is 6.92 Å². The van der Waals surface area contributed by atoms with Gasteiger partial charge in [-0.05, 0) is 19.4 Å². The lowest BCUT2D eigenvalue weighted by molar-refractivity contribution is 0.177. The monoisotopic (exact) mass is 184 g/mol. The third kappa shape index (κ3) is 2.23.